The molecule has 0 aliphatic heterocycles. The van der Waals surface area contributed by atoms with E-state index in [1.807, 2.05) is 0 Å². The zero-order valence-electron chi connectivity index (χ0n) is 22.0. The Balaban J connectivity index is 1.50. The first-order valence-corrected chi connectivity index (χ1v) is 13.9. The molecular weight excluding hydrogens is 480 g/mol. The van der Waals surface area contributed by atoms with Crippen molar-refractivity contribution in [1.82, 2.24) is 0 Å². The van der Waals surface area contributed by atoms with Gasteiger partial charge in [0.05, 0.1) is 0 Å². The summed E-state index contributed by atoms with van der Waals surface area (Å²) in [6.07, 6.45) is 0. The summed E-state index contributed by atoms with van der Waals surface area (Å²) in [5, 5.41) is 10.3. The van der Waals surface area contributed by atoms with Gasteiger partial charge in [-0.1, -0.05) is 146 Å². The molecule has 0 bridgehead atoms. The summed E-state index contributed by atoms with van der Waals surface area (Å²) in [5.74, 6) is 0. The highest BCUT2D eigenvalue weighted by Gasteiger charge is 2.17. The van der Waals surface area contributed by atoms with Crippen molar-refractivity contribution >= 4 is 43.1 Å². The van der Waals surface area contributed by atoms with Crippen molar-refractivity contribution in [2.45, 2.75) is 0 Å². The molecule has 186 valence electrons. The molecule has 0 N–H and O–H groups in total. The molecule has 8 aromatic rings. The molecule has 0 heteroatoms. The largest absolute Gasteiger partial charge is 0.0622 e. The van der Waals surface area contributed by atoms with E-state index in [-0.39, 0.29) is 0 Å². The maximum atomic E-state index is 2.43. The minimum atomic E-state index is 1.23. The fraction of sp³-hybridized carbons (Fsp3) is 0. The molecule has 0 spiro atoms. The van der Waals surface area contributed by atoms with E-state index in [2.05, 4.69) is 158 Å². The van der Waals surface area contributed by atoms with E-state index < -0.39 is 0 Å². The second-order valence-corrected chi connectivity index (χ2v) is 10.5. The smallest absolute Gasteiger partial charge is 0.00923 e. The van der Waals surface area contributed by atoms with Crippen LogP contribution in [0.1, 0.15) is 0 Å². The number of rotatable bonds is 3. The average molecular weight is 507 g/mol. The zero-order valence-corrected chi connectivity index (χ0v) is 22.0. The van der Waals surface area contributed by atoms with Gasteiger partial charge in [-0.15, -0.1) is 0 Å². The summed E-state index contributed by atoms with van der Waals surface area (Å²) in [5.41, 5.74) is 7.57. The Bertz CT molecular complexity index is 2200. The van der Waals surface area contributed by atoms with Crippen molar-refractivity contribution in [1.29, 1.82) is 0 Å². The molecule has 0 heterocycles. The van der Waals surface area contributed by atoms with Crippen molar-refractivity contribution in [3.05, 3.63) is 158 Å². The van der Waals surface area contributed by atoms with Crippen LogP contribution in [0.2, 0.25) is 0 Å². The third-order valence-corrected chi connectivity index (χ3v) is 8.26. The monoisotopic (exact) mass is 506 g/mol. The highest BCUT2D eigenvalue weighted by molar-refractivity contribution is 6.25. The van der Waals surface area contributed by atoms with Gasteiger partial charge in [0, 0.05) is 0 Å². The number of fused-ring (bicyclic) bond motifs is 6. The lowest BCUT2D eigenvalue weighted by Gasteiger charge is -2.18. The SMILES string of the molecule is c1ccc(-c2ccccc2-c2cc3c4ccccc4c(-c4cccc5ccccc45)cc3c3ccccc23)cc1. The van der Waals surface area contributed by atoms with Gasteiger partial charge in [0.15, 0.2) is 0 Å². The summed E-state index contributed by atoms with van der Waals surface area (Å²) >= 11 is 0. The van der Waals surface area contributed by atoms with Crippen LogP contribution in [0.4, 0.5) is 0 Å². The molecule has 0 saturated carbocycles. The first-order valence-electron chi connectivity index (χ1n) is 13.9. The second kappa shape index (κ2) is 9.22. The van der Waals surface area contributed by atoms with Crippen molar-refractivity contribution in [3.8, 4) is 33.4 Å². The summed E-state index contributed by atoms with van der Waals surface area (Å²) in [4.78, 5) is 0. The van der Waals surface area contributed by atoms with Crippen LogP contribution in [-0.4, -0.2) is 0 Å². The lowest BCUT2D eigenvalue weighted by Crippen LogP contribution is -1.91. The molecule has 0 nitrogen and oxygen atoms in total. The maximum Gasteiger partial charge on any atom is -0.00923 e. The minimum Gasteiger partial charge on any atom is -0.0622 e. The van der Waals surface area contributed by atoms with Crippen LogP contribution >= 0.6 is 0 Å². The molecular formula is C40H26. The second-order valence-electron chi connectivity index (χ2n) is 10.5. The lowest BCUT2D eigenvalue weighted by molar-refractivity contribution is 1.60. The van der Waals surface area contributed by atoms with Gasteiger partial charge >= 0.3 is 0 Å². The fourth-order valence-corrected chi connectivity index (χ4v) is 6.44. The van der Waals surface area contributed by atoms with E-state index in [1.165, 1.54) is 76.5 Å². The van der Waals surface area contributed by atoms with Gasteiger partial charge in [-0.05, 0) is 88.6 Å². The van der Waals surface area contributed by atoms with E-state index in [0.29, 0.717) is 0 Å². The Morgan fingerprint density at radius 3 is 1.35 bits per heavy atom. The molecule has 8 aromatic carbocycles. The Morgan fingerprint density at radius 1 is 0.225 bits per heavy atom. The van der Waals surface area contributed by atoms with Crippen molar-refractivity contribution in [2.24, 2.45) is 0 Å². The number of hydrogen-bond acceptors (Lipinski definition) is 0. The van der Waals surface area contributed by atoms with Crippen LogP contribution in [0.15, 0.2) is 158 Å². The molecule has 0 amide bonds. The van der Waals surface area contributed by atoms with E-state index in [4.69, 9.17) is 0 Å². The Morgan fingerprint density at radius 2 is 0.675 bits per heavy atom. The third-order valence-electron chi connectivity index (χ3n) is 8.26. The third kappa shape index (κ3) is 3.54. The molecule has 0 aliphatic carbocycles. The average Bonchev–Trinajstić information content (AvgIpc) is 3.04. The van der Waals surface area contributed by atoms with Crippen LogP contribution in [0.25, 0.3) is 76.5 Å². The normalized spacial score (nSPS) is 11.5. The Kier molecular flexibility index (Phi) is 5.24. The van der Waals surface area contributed by atoms with E-state index >= 15 is 0 Å². The van der Waals surface area contributed by atoms with Gasteiger partial charge in [-0.3, -0.25) is 0 Å². The van der Waals surface area contributed by atoms with Gasteiger partial charge in [-0.2, -0.15) is 0 Å². The van der Waals surface area contributed by atoms with Crippen molar-refractivity contribution in [3.63, 3.8) is 0 Å². The van der Waals surface area contributed by atoms with Gasteiger partial charge in [0.1, 0.15) is 0 Å². The molecule has 0 unspecified atom stereocenters. The van der Waals surface area contributed by atoms with Crippen molar-refractivity contribution < 1.29 is 0 Å². The highest BCUT2D eigenvalue weighted by atomic mass is 14.2. The summed E-state index contributed by atoms with van der Waals surface area (Å²) in [6.45, 7) is 0. The first kappa shape index (κ1) is 22.8. The molecule has 0 fully saturated rings. The number of hydrogen-bond donors (Lipinski definition) is 0. The van der Waals surface area contributed by atoms with Crippen LogP contribution < -0.4 is 0 Å². The van der Waals surface area contributed by atoms with Gasteiger partial charge in [0.25, 0.3) is 0 Å². The Labute approximate surface area is 233 Å². The Hall–Kier alpha value is -5.20. The van der Waals surface area contributed by atoms with Crippen LogP contribution in [0.5, 0.6) is 0 Å². The molecule has 0 aliphatic rings. The standard InChI is InChI=1S/C40H26/c1-2-13-27(14-3-1)29-18-6-7-19-31(29)37-25-39-36-23-11-9-21-34(36)38(26-40(39)35-22-10-8-20-33(35)37)32-24-12-16-28-15-4-5-17-30(28)32/h1-26H. The molecule has 0 radical (unpaired) electrons. The van der Waals surface area contributed by atoms with Crippen LogP contribution in [-0.2, 0) is 0 Å². The van der Waals surface area contributed by atoms with E-state index in [0.717, 1.165) is 0 Å². The number of benzene rings is 8. The maximum absolute atomic E-state index is 2.43. The van der Waals surface area contributed by atoms with Gasteiger partial charge < -0.3 is 0 Å². The van der Waals surface area contributed by atoms with E-state index in [9.17, 15) is 0 Å². The van der Waals surface area contributed by atoms with Gasteiger partial charge in [0.2, 0.25) is 0 Å². The molecule has 0 saturated heterocycles. The fourth-order valence-electron chi connectivity index (χ4n) is 6.44. The molecule has 40 heavy (non-hydrogen) atoms. The zero-order chi connectivity index (χ0) is 26.5. The van der Waals surface area contributed by atoms with Gasteiger partial charge in [-0.25, -0.2) is 0 Å². The summed E-state index contributed by atoms with van der Waals surface area (Å²) in [7, 11) is 0. The molecule has 0 aromatic heterocycles. The van der Waals surface area contributed by atoms with E-state index in [1.54, 1.807) is 0 Å². The minimum absolute atomic E-state index is 1.23. The summed E-state index contributed by atoms with van der Waals surface area (Å²) < 4.78 is 0. The first-order chi connectivity index (χ1) is 19.9. The van der Waals surface area contributed by atoms with Crippen LogP contribution in [0.3, 0.4) is 0 Å². The van der Waals surface area contributed by atoms with Crippen LogP contribution in [0, 0.1) is 0 Å². The highest BCUT2D eigenvalue weighted by Crippen LogP contribution is 2.44. The molecule has 0 atom stereocenters. The molecule has 8 rings (SSSR count). The topological polar surface area (TPSA) is 0 Å². The summed E-state index contributed by atoms with van der Waals surface area (Å²) in [6, 6.07) is 57.5. The quantitative estimate of drug-likeness (QED) is 0.209. The lowest BCUT2D eigenvalue weighted by atomic mass is 9.85. The predicted molar refractivity (Wildman–Crippen MR) is 173 cm³/mol. The predicted octanol–water partition coefficient (Wildman–Crippen LogP) is 11.3. The van der Waals surface area contributed by atoms with Crippen molar-refractivity contribution in [2.75, 3.05) is 0 Å².